The molecule has 0 radical (unpaired) electrons. The summed E-state index contributed by atoms with van der Waals surface area (Å²) in [6.07, 6.45) is 3.41. The molecule has 0 spiro atoms. The van der Waals surface area contributed by atoms with Crippen LogP contribution in [-0.4, -0.2) is 42.0 Å². The Bertz CT molecular complexity index is 836. The molecule has 3 rings (SSSR count). The number of amides is 2. The molecule has 1 aliphatic heterocycles. The monoisotopic (exact) mass is 426 g/mol. The van der Waals surface area contributed by atoms with Crippen LogP contribution < -0.4 is 5.32 Å². The highest BCUT2D eigenvalue weighted by Crippen LogP contribution is 2.17. The Morgan fingerprint density at radius 2 is 1.87 bits per heavy atom. The van der Waals surface area contributed by atoms with E-state index in [2.05, 4.69) is 5.32 Å². The van der Waals surface area contributed by atoms with Crippen molar-refractivity contribution >= 4 is 11.8 Å². The summed E-state index contributed by atoms with van der Waals surface area (Å²) in [6.45, 7) is 3.36. The highest BCUT2D eigenvalue weighted by atomic mass is 19.1. The number of halogens is 1. The highest BCUT2D eigenvalue weighted by Gasteiger charge is 2.30. The Balaban J connectivity index is 1.83. The third kappa shape index (κ3) is 6.89. The Morgan fingerprint density at radius 3 is 2.52 bits per heavy atom. The molecule has 1 N–H and O–H groups in total. The van der Waals surface area contributed by atoms with Gasteiger partial charge in [0.25, 0.3) is 0 Å². The van der Waals surface area contributed by atoms with Crippen LogP contribution in [-0.2, 0) is 27.3 Å². The van der Waals surface area contributed by atoms with Crippen molar-refractivity contribution in [1.82, 2.24) is 10.2 Å². The van der Waals surface area contributed by atoms with Gasteiger partial charge >= 0.3 is 0 Å². The maximum absolute atomic E-state index is 13.4. The van der Waals surface area contributed by atoms with Crippen molar-refractivity contribution in [1.29, 1.82) is 0 Å². The molecule has 0 aromatic heterocycles. The summed E-state index contributed by atoms with van der Waals surface area (Å²) in [6, 6.07) is 15.1. The maximum atomic E-state index is 13.4. The van der Waals surface area contributed by atoms with E-state index in [4.69, 9.17) is 4.74 Å². The van der Waals surface area contributed by atoms with E-state index >= 15 is 0 Å². The van der Waals surface area contributed by atoms with Crippen LogP contribution in [0.1, 0.15) is 43.7 Å². The normalized spacial score (nSPS) is 16.6. The number of carbonyl (C=O) groups excluding carboxylic acids is 2. The lowest BCUT2D eigenvalue weighted by Gasteiger charge is -2.32. The van der Waals surface area contributed by atoms with Crippen molar-refractivity contribution in [2.45, 2.75) is 57.7 Å². The predicted octanol–water partition coefficient (Wildman–Crippen LogP) is 3.86. The van der Waals surface area contributed by atoms with Gasteiger partial charge in [-0.15, -0.1) is 0 Å². The number of ether oxygens (including phenoxy) is 1. The molecule has 0 unspecified atom stereocenters. The van der Waals surface area contributed by atoms with Gasteiger partial charge in [0.1, 0.15) is 11.9 Å². The van der Waals surface area contributed by atoms with Crippen molar-refractivity contribution in [2.75, 3.05) is 13.2 Å². The zero-order valence-corrected chi connectivity index (χ0v) is 18.1. The van der Waals surface area contributed by atoms with Crippen molar-refractivity contribution in [3.8, 4) is 0 Å². The van der Waals surface area contributed by atoms with Crippen LogP contribution in [0.3, 0.4) is 0 Å². The van der Waals surface area contributed by atoms with Crippen molar-refractivity contribution in [3.05, 3.63) is 71.5 Å². The van der Waals surface area contributed by atoms with Crippen LogP contribution >= 0.6 is 0 Å². The first-order valence-corrected chi connectivity index (χ1v) is 11.0. The molecule has 0 saturated carbocycles. The van der Waals surface area contributed by atoms with Gasteiger partial charge in [-0.3, -0.25) is 9.59 Å². The molecule has 1 heterocycles. The second-order valence-corrected chi connectivity index (χ2v) is 7.98. The Kier molecular flexibility index (Phi) is 8.59. The number of nitrogens with zero attached hydrogens (tertiary/aromatic N) is 1. The molecule has 2 aromatic rings. The van der Waals surface area contributed by atoms with Crippen LogP contribution in [0.5, 0.6) is 0 Å². The van der Waals surface area contributed by atoms with E-state index in [1.165, 1.54) is 12.1 Å². The zero-order valence-electron chi connectivity index (χ0n) is 18.1. The molecule has 5 nitrogen and oxygen atoms in total. The molecule has 1 saturated heterocycles. The van der Waals surface area contributed by atoms with E-state index in [9.17, 15) is 14.0 Å². The molecule has 0 bridgehead atoms. The number of nitrogens with one attached hydrogen (secondary N) is 1. The lowest BCUT2D eigenvalue weighted by molar-refractivity contribution is -0.141. The molecular formula is C25H31FN2O3. The van der Waals surface area contributed by atoms with Crippen LogP contribution in [0.4, 0.5) is 4.39 Å². The molecule has 2 amide bonds. The summed E-state index contributed by atoms with van der Waals surface area (Å²) in [5, 5.41) is 3.00. The standard InChI is InChI=1S/C25H31FN2O3/c1-2-7-24(29)28(18-20-11-13-21(26)14-12-20)23(16-19-8-4-3-5-9-19)25(30)27-17-22-10-6-15-31-22/h3-5,8-9,11-14,22-23H,2,6-7,10,15-18H2,1H3,(H,27,30)/t22-,23-/m0/s1. The van der Waals surface area contributed by atoms with Gasteiger partial charge in [0.05, 0.1) is 6.10 Å². The minimum absolute atomic E-state index is 0.0261. The molecule has 0 aliphatic carbocycles. The average Bonchev–Trinajstić information content (AvgIpc) is 3.30. The summed E-state index contributed by atoms with van der Waals surface area (Å²) in [5.41, 5.74) is 1.77. The van der Waals surface area contributed by atoms with E-state index < -0.39 is 6.04 Å². The lowest BCUT2D eigenvalue weighted by Crippen LogP contribution is -2.51. The number of carbonyl (C=O) groups is 2. The van der Waals surface area contributed by atoms with Gasteiger partial charge in [-0.25, -0.2) is 4.39 Å². The molecule has 2 atom stereocenters. The number of hydrogen-bond donors (Lipinski definition) is 1. The van der Waals surface area contributed by atoms with Gasteiger partial charge in [0.15, 0.2) is 0 Å². The maximum Gasteiger partial charge on any atom is 0.243 e. The minimum atomic E-state index is -0.659. The first-order chi connectivity index (χ1) is 15.1. The lowest BCUT2D eigenvalue weighted by atomic mass is 10.0. The van der Waals surface area contributed by atoms with Crippen molar-refractivity contribution < 1.29 is 18.7 Å². The largest absolute Gasteiger partial charge is 0.376 e. The van der Waals surface area contributed by atoms with E-state index in [0.29, 0.717) is 25.8 Å². The average molecular weight is 427 g/mol. The Labute approximate surface area is 183 Å². The molecule has 1 aliphatic rings. The van der Waals surface area contributed by atoms with E-state index in [1.807, 2.05) is 37.3 Å². The predicted molar refractivity (Wildman–Crippen MR) is 118 cm³/mol. The third-order valence-electron chi connectivity index (χ3n) is 5.53. The molecule has 2 aromatic carbocycles. The van der Waals surface area contributed by atoms with Crippen LogP contribution in [0.2, 0.25) is 0 Å². The second kappa shape index (κ2) is 11.6. The first-order valence-electron chi connectivity index (χ1n) is 11.0. The quantitative estimate of drug-likeness (QED) is 0.628. The summed E-state index contributed by atoms with van der Waals surface area (Å²) < 4.78 is 19.0. The summed E-state index contributed by atoms with van der Waals surface area (Å²) in [4.78, 5) is 28.0. The van der Waals surface area contributed by atoms with Crippen LogP contribution in [0, 0.1) is 5.82 Å². The van der Waals surface area contributed by atoms with Gasteiger partial charge < -0.3 is 15.0 Å². The van der Waals surface area contributed by atoms with Crippen LogP contribution in [0.25, 0.3) is 0 Å². The third-order valence-corrected chi connectivity index (χ3v) is 5.53. The van der Waals surface area contributed by atoms with Gasteiger partial charge in [-0.05, 0) is 42.5 Å². The summed E-state index contributed by atoms with van der Waals surface area (Å²) in [5.74, 6) is -0.601. The Morgan fingerprint density at radius 1 is 1.13 bits per heavy atom. The number of benzene rings is 2. The zero-order chi connectivity index (χ0) is 22.1. The van der Waals surface area contributed by atoms with Gasteiger partial charge in [-0.1, -0.05) is 49.4 Å². The SMILES string of the molecule is CCCC(=O)N(Cc1ccc(F)cc1)[C@@H](Cc1ccccc1)C(=O)NC[C@@H]1CCCO1. The fourth-order valence-electron chi connectivity index (χ4n) is 3.84. The number of rotatable bonds is 10. The molecule has 166 valence electrons. The second-order valence-electron chi connectivity index (χ2n) is 7.98. The fourth-order valence-corrected chi connectivity index (χ4v) is 3.84. The van der Waals surface area contributed by atoms with E-state index in [-0.39, 0.29) is 30.3 Å². The highest BCUT2D eigenvalue weighted by molar-refractivity contribution is 5.88. The summed E-state index contributed by atoms with van der Waals surface area (Å²) >= 11 is 0. The van der Waals surface area contributed by atoms with E-state index in [0.717, 1.165) is 30.6 Å². The molecule has 1 fully saturated rings. The molecular weight excluding hydrogens is 395 g/mol. The van der Waals surface area contributed by atoms with Crippen molar-refractivity contribution in [2.24, 2.45) is 0 Å². The van der Waals surface area contributed by atoms with Crippen molar-refractivity contribution in [3.63, 3.8) is 0 Å². The minimum Gasteiger partial charge on any atom is -0.376 e. The smallest absolute Gasteiger partial charge is 0.243 e. The molecule has 6 heteroatoms. The first kappa shape index (κ1) is 22.9. The fraction of sp³-hybridized carbons (Fsp3) is 0.440. The Hall–Kier alpha value is -2.73. The van der Waals surface area contributed by atoms with Gasteiger partial charge in [0, 0.05) is 32.5 Å². The summed E-state index contributed by atoms with van der Waals surface area (Å²) in [7, 11) is 0. The van der Waals surface area contributed by atoms with Gasteiger partial charge in [-0.2, -0.15) is 0 Å². The van der Waals surface area contributed by atoms with Crippen LogP contribution in [0.15, 0.2) is 54.6 Å². The topological polar surface area (TPSA) is 58.6 Å². The molecule has 31 heavy (non-hydrogen) atoms. The van der Waals surface area contributed by atoms with Gasteiger partial charge in [0.2, 0.25) is 11.8 Å². The van der Waals surface area contributed by atoms with E-state index in [1.54, 1.807) is 17.0 Å². The number of hydrogen-bond acceptors (Lipinski definition) is 3.